The average Bonchev–Trinajstić information content (AvgIpc) is 3.34. The van der Waals surface area contributed by atoms with Gasteiger partial charge in [-0.2, -0.15) is 0 Å². The number of fused-ring (bicyclic) bond motifs is 1. The zero-order valence-electron chi connectivity index (χ0n) is 17.4. The van der Waals surface area contributed by atoms with Crippen molar-refractivity contribution in [3.63, 3.8) is 0 Å². The number of carbonyl (C=O) groups excluding carboxylic acids is 3. The summed E-state index contributed by atoms with van der Waals surface area (Å²) in [6, 6.07) is 16.5. The zero-order chi connectivity index (χ0) is 22.5. The Balaban J connectivity index is 1.49. The largest absolute Gasteiger partial charge is 0.485 e. The van der Waals surface area contributed by atoms with Gasteiger partial charge in [-0.25, -0.2) is 0 Å². The van der Waals surface area contributed by atoms with Crippen LogP contribution in [0.25, 0.3) is 0 Å². The molecule has 2 amide bonds. The summed E-state index contributed by atoms with van der Waals surface area (Å²) in [4.78, 5) is 39.3. The number of nitrogens with one attached hydrogen (secondary N) is 1. The van der Waals surface area contributed by atoms with E-state index in [2.05, 4.69) is 5.32 Å². The van der Waals surface area contributed by atoms with Gasteiger partial charge < -0.3 is 19.2 Å². The van der Waals surface area contributed by atoms with Crippen LogP contribution in [0.5, 0.6) is 11.5 Å². The second kappa shape index (κ2) is 9.38. The molecule has 1 aromatic heterocycles. The molecule has 32 heavy (non-hydrogen) atoms. The van der Waals surface area contributed by atoms with Crippen molar-refractivity contribution < 1.29 is 28.3 Å². The van der Waals surface area contributed by atoms with E-state index in [0.717, 1.165) is 0 Å². The quantitative estimate of drug-likeness (QED) is 0.548. The van der Waals surface area contributed by atoms with Gasteiger partial charge in [-0.15, -0.1) is 0 Å². The van der Waals surface area contributed by atoms with E-state index in [0.29, 0.717) is 28.5 Å². The van der Waals surface area contributed by atoms with Crippen LogP contribution >= 0.6 is 0 Å². The lowest BCUT2D eigenvalue weighted by Gasteiger charge is -2.33. The summed E-state index contributed by atoms with van der Waals surface area (Å²) < 4.78 is 16.3. The molecule has 0 saturated heterocycles. The minimum atomic E-state index is -0.814. The monoisotopic (exact) mass is 434 g/mol. The highest BCUT2D eigenvalue weighted by Gasteiger charge is 2.33. The maximum Gasteiger partial charge on any atom is 0.265 e. The summed E-state index contributed by atoms with van der Waals surface area (Å²) in [5.74, 6) is 0.627. The van der Waals surface area contributed by atoms with Crippen LogP contribution < -0.4 is 19.7 Å². The highest BCUT2D eigenvalue weighted by molar-refractivity contribution is 6.05. The topological polar surface area (TPSA) is 98.1 Å². The molecule has 1 unspecified atom stereocenters. The predicted octanol–water partition coefficient (Wildman–Crippen LogP) is 2.97. The first kappa shape index (κ1) is 21.2. The molecule has 1 aliphatic heterocycles. The first-order valence-corrected chi connectivity index (χ1v) is 10.1. The summed E-state index contributed by atoms with van der Waals surface area (Å²) in [7, 11) is 0. The van der Waals surface area contributed by atoms with E-state index >= 15 is 0 Å². The fraction of sp³-hybridized carbons (Fsp3) is 0.208. The number of nitrogens with zero attached hydrogens (tertiary/aromatic N) is 1. The van der Waals surface area contributed by atoms with Crippen LogP contribution in [0.2, 0.25) is 0 Å². The van der Waals surface area contributed by atoms with Crippen LogP contribution in [-0.4, -0.2) is 36.9 Å². The summed E-state index contributed by atoms with van der Waals surface area (Å²) in [5.41, 5.74) is 0.721. The maximum atomic E-state index is 12.7. The molecule has 2 aromatic carbocycles. The van der Waals surface area contributed by atoms with Gasteiger partial charge >= 0.3 is 0 Å². The third kappa shape index (κ3) is 4.64. The Labute approximate surface area is 184 Å². The molecule has 3 aromatic rings. The van der Waals surface area contributed by atoms with Crippen LogP contribution in [0.15, 0.2) is 71.3 Å². The van der Waals surface area contributed by atoms with Crippen molar-refractivity contribution in [3.05, 3.63) is 78.3 Å². The molecule has 0 bridgehead atoms. The third-order valence-corrected chi connectivity index (χ3v) is 5.06. The van der Waals surface area contributed by atoms with Crippen LogP contribution in [0.4, 0.5) is 5.69 Å². The van der Waals surface area contributed by atoms with E-state index in [-0.39, 0.29) is 37.4 Å². The molecule has 0 fully saturated rings. The lowest BCUT2D eigenvalue weighted by Crippen LogP contribution is -2.51. The van der Waals surface area contributed by atoms with Crippen molar-refractivity contribution >= 4 is 23.3 Å². The zero-order valence-corrected chi connectivity index (χ0v) is 17.4. The van der Waals surface area contributed by atoms with E-state index < -0.39 is 6.04 Å². The van der Waals surface area contributed by atoms with E-state index in [1.54, 1.807) is 49.4 Å². The van der Waals surface area contributed by atoms with Crippen molar-refractivity contribution in [1.29, 1.82) is 0 Å². The first-order valence-electron chi connectivity index (χ1n) is 10.1. The molecular formula is C24H22N2O6. The van der Waals surface area contributed by atoms with Gasteiger partial charge in [0.2, 0.25) is 5.91 Å². The Morgan fingerprint density at radius 1 is 1.12 bits per heavy atom. The molecule has 0 aliphatic carbocycles. The number of Topliss-reactive ketones (excluding diaryl/α,β-unsaturated/α-hetero) is 1. The molecule has 1 atom stereocenters. The smallest absolute Gasteiger partial charge is 0.265 e. The molecule has 8 heteroatoms. The van der Waals surface area contributed by atoms with Crippen LogP contribution in [-0.2, 0) is 16.1 Å². The van der Waals surface area contributed by atoms with E-state index in [4.69, 9.17) is 13.9 Å². The number of rotatable bonds is 8. The van der Waals surface area contributed by atoms with Crippen molar-refractivity contribution in [1.82, 2.24) is 5.32 Å². The third-order valence-electron chi connectivity index (χ3n) is 5.06. The molecule has 1 N–H and O–H groups in total. The highest BCUT2D eigenvalue weighted by Crippen LogP contribution is 2.34. The molecule has 2 heterocycles. The molecule has 0 spiro atoms. The summed E-state index contributed by atoms with van der Waals surface area (Å²) in [5, 5.41) is 2.76. The van der Waals surface area contributed by atoms with Crippen LogP contribution in [0.1, 0.15) is 23.0 Å². The number of ketones is 1. The standard InChI is InChI=1S/C24H22N2O6/c1-16(24(29)25-13-19-8-5-11-30-19)26-20-12-17(9-10-22(20)32-15-23(26)28)21(27)14-31-18-6-3-2-4-7-18/h2-12,16H,13-15H2,1H3,(H,25,29). The SMILES string of the molecule is CC(C(=O)NCc1ccco1)N1C(=O)COc2ccc(C(=O)COc3ccccc3)cc21. The number of amides is 2. The number of ether oxygens (including phenoxy) is 2. The molecule has 0 radical (unpaired) electrons. The number of hydrogen-bond acceptors (Lipinski definition) is 6. The number of anilines is 1. The van der Waals surface area contributed by atoms with E-state index in [9.17, 15) is 14.4 Å². The Morgan fingerprint density at radius 2 is 1.94 bits per heavy atom. The van der Waals surface area contributed by atoms with Gasteiger partial charge in [-0.05, 0) is 49.4 Å². The summed E-state index contributed by atoms with van der Waals surface area (Å²) >= 11 is 0. The maximum absolute atomic E-state index is 12.7. The van der Waals surface area contributed by atoms with Gasteiger partial charge in [0, 0.05) is 5.56 Å². The van der Waals surface area contributed by atoms with Crippen molar-refractivity contribution in [3.8, 4) is 11.5 Å². The van der Waals surface area contributed by atoms with Crippen LogP contribution in [0.3, 0.4) is 0 Å². The minimum absolute atomic E-state index is 0.156. The molecule has 4 rings (SSSR count). The van der Waals surface area contributed by atoms with Gasteiger partial charge in [-0.1, -0.05) is 18.2 Å². The summed E-state index contributed by atoms with van der Waals surface area (Å²) in [6.45, 7) is 1.48. The van der Waals surface area contributed by atoms with Crippen molar-refractivity contribution in [2.24, 2.45) is 0 Å². The number of hydrogen-bond donors (Lipinski definition) is 1. The van der Waals surface area contributed by atoms with E-state index in [1.165, 1.54) is 11.2 Å². The van der Waals surface area contributed by atoms with Crippen molar-refractivity contribution in [2.45, 2.75) is 19.5 Å². The molecule has 8 nitrogen and oxygen atoms in total. The van der Waals surface area contributed by atoms with Crippen LogP contribution in [0, 0.1) is 0 Å². The summed E-state index contributed by atoms with van der Waals surface area (Å²) in [6.07, 6.45) is 1.52. The van der Waals surface area contributed by atoms with Gasteiger partial charge in [0.05, 0.1) is 18.5 Å². The van der Waals surface area contributed by atoms with Crippen molar-refractivity contribution in [2.75, 3.05) is 18.1 Å². The number of furan rings is 1. The molecule has 0 saturated carbocycles. The second-order valence-corrected chi connectivity index (χ2v) is 7.23. The van der Waals surface area contributed by atoms with Gasteiger partial charge in [-0.3, -0.25) is 19.3 Å². The Bertz CT molecular complexity index is 1110. The van der Waals surface area contributed by atoms with Gasteiger partial charge in [0.15, 0.2) is 19.0 Å². The average molecular weight is 434 g/mol. The first-order chi connectivity index (χ1) is 15.5. The van der Waals surface area contributed by atoms with E-state index in [1.807, 2.05) is 18.2 Å². The second-order valence-electron chi connectivity index (χ2n) is 7.23. The molecular weight excluding hydrogens is 412 g/mol. The number of benzene rings is 2. The minimum Gasteiger partial charge on any atom is -0.485 e. The normalized spacial score (nSPS) is 13.7. The Morgan fingerprint density at radius 3 is 2.69 bits per heavy atom. The Hall–Kier alpha value is -4.07. The fourth-order valence-corrected chi connectivity index (χ4v) is 3.37. The lowest BCUT2D eigenvalue weighted by molar-refractivity contribution is -0.127. The number of carbonyl (C=O) groups is 3. The molecule has 1 aliphatic rings. The van der Waals surface area contributed by atoms with Gasteiger partial charge in [0.1, 0.15) is 23.3 Å². The lowest BCUT2D eigenvalue weighted by atomic mass is 10.1. The Kier molecular flexibility index (Phi) is 6.21. The molecule has 164 valence electrons. The fourth-order valence-electron chi connectivity index (χ4n) is 3.37. The number of para-hydroxylation sites is 1. The predicted molar refractivity (Wildman–Crippen MR) is 116 cm³/mol. The highest BCUT2D eigenvalue weighted by atomic mass is 16.5. The van der Waals surface area contributed by atoms with Gasteiger partial charge in [0.25, 0.3) is 5.91 Å².